The van der Waals surface area contributed by atoms with Crippen LogP contribution < -0.4 is 5.32 Å². The monoisotopic (exact) mass is 466 g/mol. The van der Waals surface area contributed by atoms with Gasteiger partial charge in [-0.05, 0) is 35.1 Å². The Bertz CT molecular complexity index is 961. The van der Waals surface area contributed by atoms with Gasteiger partial charge in [-0.3, -0.25) is 9.59 Å². The zero-order valence-electron chi connectivity index (χ0n) is 20.0. The van der Waals surface area contributed by atoms with Crippen molar-refractivity contribution in [2.45, 2.75) is 57.4 Å². The first-order valence-electron chi connectivity index (χ1n) is 12.0. The normalized spacial score (nSPS) is 13.0. The Kier molecular flexibility index (Phi) is 9.08. The summed E-state index contributed by atoms with van der Waals surface area (Å²) in [6, 6.07) is 16.0. The molecular weight excluding hydrogens is 432 g/mol. The highest BCUT2D eigenvalue weighted by Gasteiger charge is 2.29. The molecule has 0 heterocycles. The van der Waals surface area contributed by atoms with Crippen LogP contribution in [0.4, 0.5) is 4.79 Å². The molecule has 7 heteroatoms. The molecule has 1 atom stereocenters. The van der Waals surface area contributed by atoms with E-state index in [0.717, 1.165) is 24.0 Å². The number of hydrogen-bond donors (Lipinski definition) is 2. The Morgan fingerprint density at radius 3 is 2.24 bits per heavy atom. The molecule has 1 aliphatic carbocycles. The Balaban J connectivity index is 1.57. The second kappa shape index (κ2) is 12.2. The number of ether oxygens (including phenoxy) is 1. The second-order valence-corrected chi connectivity index (χ2v) is 8.83. The van der Waals surface area contributed by atoms with Gasteiger partial charge in [0, 0.05) is 38.4 Å². The standard InChI is InChI=1S/C27H34N2O5/c1-3-4-10-19(17-25(30)29(2)16-9-15-26(31)32)28-27(33)34-18-24-22-13-7-5-11-20(22)21-12-6-8-14-23(21)24/h5-8,11-14,19,24H,3-4,9-10,15-18H2,1-2H3,(H,28,33)(H,31,32). The molecule has 2 amide bonds. The van der Waals surface area contributed by atoms with Crippen LogP contribution >= 0.6 is 0 Å². The van der Waals surface area contributed by atoms with E-state index in [2.05, 4.69) is 36.5 Å². The molecule has 1 unspecified atom stereocenters. The average molecular weight is 467 g/mol. The number of carboxylic acid groups (broad SMARTS) is 1. The summed E-state index contributed by atoms with van der Waals surface area (Å²) >= 11 is 0. The molecule has 0 aromatic heterocycles. The SMILES string of the molecule is CCCCC(CC(=O)N(C)CCCC(=O)O)NC(=O)OCC1c2ccccc2-c2ccccc21. The lowest BCUT2D eigenvalue weighted by Crippen LogP contribution is -2.40. The smallest absolute Gasteiger partial charge is 0.407 e. The van der Waals surface area contributed by atoms with Crippen LogP contribution in [-0.4, -0.2) is 54.2 Å². The third-order valence-corrected chi connectivity index (χ3v) is 6.30. The molecule has 0 saturated heterocycles. The van der Waals surface area contributed by atoms with Gasteiger partial charge in [0.05, 0.1) is 0 Å². The van der Waals surface area contributed by atoms with Crippen molar-refractivity contribution in [3.05, 3.63) is 59.7 Å². The molecule has 1 aliphatic rings. The Hall–Kier alpha value is -3.35. The largest absolute Gasteiger partial charge is 0.481 e. The van der Waals surface area contributed by atoms with Crippen LogP contribution in [0.2, 0.25) is 0 Å². The lowest BCUT2D eigenvalue weighted by molar-refractivity contribution is -0.138. The van der Waals surface area contributed by atoms with Crippen LogP contribution in [0.25, 0.3) is 11.1 Å². The van der Waals surface area contributed by atoms with Crippen LogP contribution in [0.15, 0.2) is 48.5 Å². The molecular formula is C27H34N2O5. The van der Waals surface area contributed by atoms with Gasteiger partial charge in [0.25, 0.3) is 0 Å². The number of nitrogens with one attached hydrogen (secondary N) is 1. The van der Waals surface area contributed by atoms with Crippen molar-refractivity contribution in [1.82, 2.24) is 10.2 Å². The fourth-order valence-corrected chi connectivity index (χ4v) is 4.44. The van der Waals surface area contributed by atoms with Gasteiger partial charge in [0.15, 0.2) is 0 Å². The lowest BCUT2D eigenvalue weighted by atomic mass is 9.98. The molecule has 0 fully saturated rings. The topological polar surface area (TPSA) is 95.9 Å². The fraction of sp³-hybridized carbons (Fsp3) is 0.444. The number of aliphatic carboxylic acids is 1. The van der Waals surface area contributed by atoms with Crippen molar-refractivity contribution in [2.75, 3.05) is 20.2 Å². The van der Waals surface area contributed by atoms with Crippen molar-refractivity contribution in [2.24, 2.45) is 0 Å². The van der Waals surface area contributed by atoms with Crippen molar-refractivity contribution in [3.63, 3.8) is 0 Å². The number of alkyl carbamates (subject to hydrolysis) is 1. The van der Waals surface area contributed by atoms with Crippen LogP contribution in [0.1, 0.15) is 62.5 Å². The number of fused-ring (bicyclic) bond motifs is 3. The first-order valence-corrected chi connectivity index (χ1v) is 12.0. The van der Waals surface area contributed by atoms with E-state index in [4.69, 9.17) is 9.84 Å². The molecule has 2 aromatic carbocycles. The fourth-order valence-electron chi connectivity index (χ4n) is 4.44. The van der Waals surface area contributed by atoms with Crippen molar-refractivity contribution in [1.29, 1.82) is 0 Å². The molecule has 34 heavy (non-hydrogen) atoms. The van der Waals surface area contributed by atoms with E-state index in [1.165, 1.54) is 16.0 Å². The van der Waals surface area contributed by atoms with Crippen LogP contribution in [0.5, 0.6) is 0 Å². The summed E-state index contributed by atoms with van der Waals surface area (Å²) in [5.74, 6) is -1.02. The molecule has 0 radical (unpaired) electrons. The first-order chi connectivity index (χ1) is 16.4. The number of carboxylic acids is 1. The maximum atomic E-state index is 12.7. The van der Waals surface area contributed by atoms with Crippen molar-refractivity contribution in [3.8, 4) is 11.1 Å². The first kappa shape index (κ1) is 25.3. The van der Waals surface area contributed by atoms with Crippen LogP contribution in [-0.2, 0) is 14.3 Å². The molecule has 182 valence electrons. The highest BCUT2D eigenvalue weighted by Crippen LogP contribution is 2.44. The van der Waals surface area contributed by atoms with Gasteiger partial charge in [-0.1, -0.05) is 68.3 Å². The summed E-state index contributed by atoms with van der Waals surface area (Å²) in [5, 5.41) is 11.7. The summed E-state index contributed by atoms with van der Waals surface area (Å²) < 4.78 is 5.64. The van der Waals surface area contributed by atoms with E-state index < -0.39 is 12.1 Å². The Morgan fingerprint density at radius 1 is 1.03 bits per heavy atom. The number of carbonyl (C=O) groups is 3. The molecule has 0 bridgehead atoms. The second-order valence-electron chi connectivity index (χ2n) is 8.83. The molecule has 0 saturated carbocycles. The highest BCUT2D eigenvalue weighted by molar-refractivity contribution is 5.79. The number of hydrogen-bond acceptors (Lipinski definition) is 4. The number of unbranched alkanes of at least 4 members (excludes halogenated alkanes) is 1. The maximum Gasteiger partial charge on any atom is 0.407 e. The maximum absolute atomic E-state index is 12.7. The van der Waals surface area contributed by atoms with E-state index in [-0.39, 0.29) is 37.3 Å². The zero-order valence-corrected chi connectivity index (χ0v) is 20.0. The van der Waals surface area contributed by atoms with Gasteiger partial charge in [-0.15, -0.1) is 0 Å². The third-order valence-electron chi connectivity index (χ3n) is 6.30. The number of nitrogens with zero attached hydrogens (tertiary/aromatic N) is 1. The third kappa shape index (κ3) is 6.59. The quantitative estimate of drug-likeness (QED) is 0.469. The predicted molar refractivity (Wildman–Crippen MR) is 131 cm³/mol. The van der Waals surface area contributed by atoms with Gasteiger partial charge in [0.1, 0.15) is 6.61 Å². The van der Waals surface area contributed by atoms with E-state index in [1.807, 2.05) is 24.3 Å². The van der Waals surface area contributed by atoms with E-state index >= 15 is 0 Å². The average Bonchev–Trinajstić information content (AvgIpc) is 3.14. The minimum absolute atomic E-state index is 0.0192. The number of amides is 2. The van der Waals surface area contributed by atoms with Gasteiger partial charge in [-0.25, -0.2) is 4.79 Å². The lowest BCUT2D eigenvalue weighted by Gasteiger charge is -2.23. The molecule has 3 rings (SSSR count). The van der Waals surface area contributed by atoms with E-state index in [0.29, 0.717) is 19.4 Å². The van der Waals surface area contributed by atoms with Gasteiger partial charge < -0.3 is 20.1 Å². The molecule has 7 nitrogen and oxygen atoms in total. The summed E-state index contributed by atoms with van der Waals surface area (Å²) in [6.45, 7) is 2.66. The van der Waals surface area contributed by atoms with Crippen LogP contribution in [0.3, 0.4) is 0 Å². The Morgan fingerprint density at radius 2 is 1.65 bits per heavy atom. The van der Waals surface area contributed by atoms with Crippen molar-refractivity contribution >= 4 is 18.0 Å². The summed E-state index contributed by atoms with van der Waals surface area (Å²) in [7, 11) is 1.66. The van der Waals surface area contributed by atoms with E-state index in [9.17, 15) is 14.4 Å². The molecule has 2 aromatic rings. The van der Waals surface area contributed by atoms with Crippen molar-refractivity contribution < 1.29 is 24.2 Å². The molecule has 0 aliphatic heterocycles. The minimum atomic E-state index is -0.876. The van der Waals surface area contributed by atoms with Crippen LogP contribution in [0, 0.1) is 0 Å². The number of rotatable bonds is 12. The molecule has 2 N–H and O–H groups in total. The summed E-state index contributed by atoms with van der Waals surface area (Å²) in [6.07, 6.45) is 2.56. The summed E-state index contributed by atoms with van der Waals surface area (Å²) in [5.41, 5.74) is 4.64. The van der Waals surface area contributed by atoms with Gasteiger partial charge in [0.2, 0.25) is 5.91 Å². The Labute approximate surface area is 201 Å². The highest BCUT2D eigenvalue weighted by atomic mass is 16.5. The van der Waals surface area contributed by atoms with Gasteiger partial charge in [-0.2, -0.15) is 0 Å². The zero-order chi connectivity index (χ0) is 24.5. The van der Waals surface area contributed by atoms with E-state index in [1.54, 1.807) is 7.05 Å². The van der Waals surface area contributed by atoms with Gasteiger partial charge >= 0.3 is 12.1 Å². The number of carbonyl (C=O) groups excluding carboxylic acids is 2. The number of benzene rings is 2. The predicted octanol–water partition coefficient (Wildman–Crippen LogP) is 4.80. The molecule has 0 spiro atoms. The summed E-state index contributed by atoms with van der Waals surface area (Å²) in [4.78, 5) is 37.5. The minimum Gasteiger partial charge on any atom is -0.481 e.